The van der Waals surface area contributed by atoms with Gasteiger partial charge in [-0.3, -0.25) is 24.3 Å². The van der Waals surface area contributed by atoms with Crippen LogP contribution in [0.1, 0.15) is 26.7 Å². The van der Waals surface area contributed by atoms with Crippen LogP contribution in [0.3, 0.4) is 0 Å². The SMILES string of the molecule is CCC(CC)NC(=O)Cn1cnc2ccc([N+](=O)[O-])cc2c1=O. The van der Waals surface area contributed by atoms with Crippen LogP contribution in [0.5, 0.6) is 0 Å². The zero-order chi connectivity index (χ0) is 17.0. The van der Waals surface area contributed by atoms with Crippen molar-refractivity contribution in [2.24, 2.45) is 0 Å². The Bertz CT molecular complexity index is 796. The monoisotopic (exact) mass is 318 g/mol. The average Bonchev–Trinajstić information content (AvgIpc) is 2.55. The lowest BCUT2D eigenvalue weighted by atomic mass is 10.2. The van der Waals surface area contributed by atoms with Crippen LogP contribution in [0.25, 0.3) is 10.9 Å². The number of rotatable bonds is 6. The first-order valence-electron chi connectivity index (χ1n) is 7.39. The minimum absolute atomic E-state index is 0.0627. The van der Waals surface area contributed by atoms with Crippen LogP contribution >= 0.6 is 0 Å². The van der Waals surface area contributed by atoms with Crippen LogP contribution < -0.4 is 10.9 Å². The Morgan fingerprint density at radius 3 is 2.70 bits per heavy atom. The fourth-order valence-corrected chi connectivity index (χ4v) is 2.29. The van der Waals surface area contributed by atoms with Gasteiger partial charge in [-0.1, -0.05) is 13.8 Å². The van der Waals surface area contributed by atoms with Gasteiger partial charge >= 0.3 is 0 Å². The molecule has 2 aromatic rings. The van der Waals surface area contributed by atoms with Crippen molar-refractivity contribution < 1.29 is 9.72 Å². The summed E-state index contributed by atoms with van der Waals surface area (Å²) in [7, 11) is 0. The summed E-state index contributed by atoms with van der Waals surface area (Å²) in [6.07, 6.45) is 2.89. The maximum atomic E-state index is 12.4. The van der Waals surface area contributed by atoms with Crippen molar-refractivity contribution in [1.82, 2.24) is 14.9 Å². The van der Waals surface area contributed by atoms with Crippen molar-refractivity contribution in [3.05, 3.63) is 45.0 Å². The fraction of sp³-hybridized carbons (Fsp3) is 0.400. The summed E-state index contributed by atoms with van der Waals surface area (Å²) in [5.74, 6) is -0.285. The van der Waals surface area contributed by atoms with E-state index < -0.39 is 10.5 Å². The molecular formula is C15H18N4O4. The molecule has 23 heavy (non-hydrogen) atoms. The topological polar surface area (TPSA) is 107 Å². The molecule has 1 amide bonds. The smallest absolute Gasteiger partial charge is 0.270 e. The number of fused-ring (bicyclic) bond motifs is 1. The van der Waals surface area contributed by atoms with Crippen molar-refractivity contribution in [3.63, 3.8) is 0 Å². The molecule has 0 bridgehead atoms. The third-order valence-electron chi connectivity index (χ3n) is 3.68. The van der Waals surface area contributed by atoms with Gasteiger partial charge in [-0.2, -0.15) is 0 Å². The number of nitro groups is 1. The van der Waals surface area contributed by atoms with Gasteiger partial charge in [0.15, 0.2) is 0 Å². The molecule has 0 unspecified atom stereocenters. The predicted molar refractivity (Wildman–Crippen MR) is 85.2 cm³/mol. The highest BCUT2D eigenvalue weighted by molar-refractivity contribution is 5.81. The standard InChI is InChI=1S/C15H18N4O4/c1-3-10(4-2)17-14(20)8-18-9-16-13-6-5-11(19(22)23)7-12(13)15(18)21/h5-7,9-10H,3-4,8H2,1-2H3,(H,17,20). The number of aromatic nitrogens is 2. The van der Waals surface area contributed by atoms with Crippen molar-refractivity contribution >= 4 is 22.5 Å². The van der Waals surface area contributed by atoms with E-state index in [4.69, 9.17) is 0 Å². The molecule has 0 aliphatic heterocycles. The van der Waals surface area contributed by atoms with Gasteiger partial charge in [0.1, 0.15) is 6.54 Å². The van der Waals surface area contributed by atoms with Gasteiger partial charge in [-0.25, -0.2) is 4.98 Å². The van der Waals surface area contributed by atoms with E-state index in [0.29, 0.717) is 5.52 Å². The van der Waals surface area contributed by atoms with Crippen molar-refractivity contribution in [1.29, 1.82) is 0 Å². The fourth-order valence-electron chi connectivity index (χ4n) is 2.29. The number of amides is 1. The first-order valence-corrected chi connectivity index (χ1v) is 7.39. The number of non-ortho nitro benzene ring substituents is 1. The van der Waals surface area contributed by atoms with Gasteiger partial charge in [-0.15, -0.1) is 0 Å². The third-order valence-corrected chi connectivity index (χ3v) is 3.68. The maximum Gasteiger partial charge on any atom is 0.270 e. The normalized spacial score (nSPS) is 10.9. The average molecular weight is 318 g/mol. The van der Waals surface area contributed by atoms with E-state index in [2.05, 4.69) is 10.3 Å². The van der Waals surface area contributed by atoms with E-state index in [1.165, 1.54) is 24.5 Å². The summed E-state index contributed by atoms with van der Waals surface area (Å²) in [6, 6.07) is 3.95. The number of nitrogens with one attached hydrogen (secondary N) is 1. The molecular weight excluding hydrogens is 300 g/mol. The molecule has 122 valence electrons. The molecule has 0 radical (unpaired) electrons. The zero-order valence-electron chi connectivity index (χ0n) is 13.0. The van der Waals surface area contributed by atoms with E-state index in [9.17, 15) is 19.7 Å². The Hall–Kier alpha value is -2.77. The van der Waals surface area contributed by atoms with Gasteiger partial charge < -0.3 is 5.32 Å². The van der Waals surface area contributed by atoms with Crippen LogP contribution in [0, 0.1) is 10.1 Å². The Balaban J connectivity index is 2.31. The summed E-state index contributed by atoms with van der Waals surface area (Å²) in [4.78, 5) is 38.7. The molecule has 8 nitrogen and oxygen atoms in total. The highest BCUT2D eigenvalue weighted by Gasteiger charge is 2.13. The highest BCUT2D eigenvalue weighted by atomic mass is 16.6. The summed E-state index contributed by atoms with van der Waals surface area (Å²) < 4.78 is 1.16. The molecule has 0 saturated heterocycles. The summed E-state index contributed by atoms with van der Waals surface area (Å²) in [5, 5.41) is 13.8. The Labute approximate surface area is 132 Å². The lowest BCUT2D eigenvalue weighted by molar-refractivity contribution is -0.384. The molecule has 1 N–H and O–H groups in total. The van der Waals surface area contributed by atoms with Gasteiger partial charge in [-0.05, 0) is 18.9 Å². The molecule has 0 aliphatic carbocycles. The number of nitrogens with zero attached hydrogens (tertiary/aromatic N) is 3. The summed E-state index contributed by atoms with van der Waals surface area (Å²) >= 11 is 0. The van der Waals surface area contributed by atoms with Gasteiger partial charge in [0, 0.05) is 18.2 Å². The molecule has 1 aromatic carbocycles. The number of hydrogen-bond acceptors (Lipinski definition) is 5. The largest absolute Gasteiger partial charge is 0.352 e. The number of benzene rings is 1. The highest BCUT2D eigenvalue weighted by Crippen LogP contribution is 2.16. The van der Waals surface area contributed by atoms with Crippen molar-refractivity contribution in [2.75, 3.05) is 0 Å². The second-order valence-electron chi connectivity index (χ2n) is 5.22. The van der Waals surface area contributed by atoms with E-state index >= 15 is 0 Å². The Morgan fingerprint density at radius 2 is 2.09 bits per heavy atom. The van der Waals surface area contributed by atoms with Crippen LogP contribution in [-0.4, -0.2) is 26.4 Å². The van der Waals surface area contributed by atoms with Crippen molar-refractivity contribution in [2.45, 2.75) is 39.3 Å². The van der Waals surface area contributed by atoms with Crippen molar-refractivity contribution in [3.8, 4) is 0 Å². The zero-order valence-corrected chi connectivity index (χ0v) is 13.0. The van der Waals surface area contributed by atoms with Crippen LogP contribution in [-0.2, 0) is 11.3 Å². The molecule has 1 aromatic heterocycles. The quantitative estimate of drug-likeness (QED) is 0.643. The number of nitro benzene ring substituents is 1. The van der Waals surface area contributed by atoms with E-state index in [1.807, 2.05) is 13.8 Å². The molecule has 2 rings (SSSR count). The van der Waals surface area contributed by atoms with Gasteiger partial charge in [0.25, 0.3) is 11.2 Å². The molecule has 0 saturated carbocycles. The molecule has 0 spiro atoms. The number of hydrogen-bond donors (Lipinski definition) is 1. The molecule has 8 heteroatoms. The minimum atomic E-state index is -0.573. The molecule has 0 aliphatic rings. The van der Waals surface area contributed by atoms with Crippen LogP contribution in [0.4, 0.5) is 5.69 Å². The van der Waals surface area contributed by atoms with Crippen LogP contribution in [0.2, 0.25) is 0 Å². The second kappa shape index (κ2) is 6.99. The number of carbonyl (C=O) groups excluding carboxylic acids is 1. The van der Waals surface area contributed by atoms with Crippen LogP contribution in [0.15, 0.2) is 29.3 Å². The lowest BCUT2D eigenvalue weighted by Crippen LogP contribution is -2.38. The van der Waals surface area contributed by atoms with E-state index in [0.717, 1.165) is 17.4 Å². The second-order valence-corrected chi connectivity index (χ2v) is 5.22. The van der Waals surface area contributed by atoms with E-state index in [1.54, 1.807) is 0 Å². The molecule has 0 atom stereocenters. The molecule has 1 heterocycles. The Morgan fingerprint density at radius 1 is 1.39 bits per heavy atom. The van der Waals surface area contributed by atoms with Gasteiger partial charge in [0.05, 0.1) is 22.2 Å². The third kappa shape index (κ3) is 3.71. The number of carbonyl (C=O) groups is 1. The maximum absolute atomic E-state index is 12.4. The van der Waals surface area contributed by atoms with Gasteiger partial charge in [0.2, 0.25) is 5.91 Å². The first kappa shape index (κ1) is 16.6. The Kier molecular flexibility index (Phi) is 5.05. The predicted octanol–water partition coefficient (Wildman–Crippen LogP) is 1.61. The minimum Gasteiger partial charge on any atom is -0.352 e. The summed E-state index contributed by atoms with van der Waals surface area (Å²) in [5.41, 5.74) is -0.300. The lowest BCUT2D eigenvalue weighted by Gasteiger charge is -2.15. The summed E-state index contributed by atoms with van der Waals surface area (Å²) in [6.45, 7) is 3.77. The first-order chi connectivity index (χ1) is 11.0. The van der Waals surface area contributed by atoms with E-state index in [-0.39, 0.29) is 29.6 Å². The molecule has 0 fully saturated rings.